The van der Waals surface area contributed by atoms with E-state index in [4.69, 9.17) is 11.6 Å². The van der Waals surface area contributed by atoms with E-state index in [1.165, 1.54) is 23.3 Å². The summed E-state index contributed by atoms with van der Waals surface area (Å²) in [5.74, 6) is -0.297. The molecule has 21 heavy (non-hydrogen) atoms. The van der Waals surface area contributed by atoms with E-state index in [2.05, 4.69) is 30.4 Å². The van der Waals surface area contributed by atoms with E-state index in [0.717, 1.165) is 36.9 Å². The van der Waals surface area contributed by atoms with Crippen LogP contribution in [0.15, 0.2) is 36.4 Å². The Morgan fingerprint density at radius 2 is 2.10 bits per heavy atom. The summed E-state index contributed by atoms with van der Waals surface area (Å²) >= 11 is 6.16. The summed E-state index contributed by atoms with van der Waals surface area (Å²) in [5, 5.41) is 4.06. The van der Waals surface area contributed by atoms with Crippen LogP contribution in [0.3, 0.4) is 0 Å². The summed E-state index contributed by atoms with van der Waals surface area (Å²) in [4.78, 5) is 0. The van der Waals surface area contributed by atoms with Crippen molar-refractivity contribution in [3.8, 4) is 11.1 Å². The third kappa shape index (κ3) is 2.97. The van der Waals surface area contributed by atoms with Crippen LogP contribution in [0.1, 0.15) is 36.9 Å². The van der Waals surface area contributed by atoms with Gasteiger partial charge in [-0.15, -0.1) is 0 Å². The topological polar surface area (TPSA) is 12.0 Å². The largest absolute Gasteiger partial charge is 0.310 e. The molecule has 0 fully saturated rings. The van der Waals surface area contributed by atoms with Gasteiger partial charge in [0.25, 0.3) is 0 Å². The van der Waals surface area contributed by atoms with Crippen molar-refractivity contribution in [1.29, 1.82) is 0 Å². The van der Waals surface area contributed by atoms with Gasteiger partial charge < -0.3 is 5.32 Å². The number of halogens is 2. The van der Waals surface area contributed by atoms with Gasteiger partial charge >= 0.3 is 0 Å². The van der Waals surface area contributed by atoms with E-state index in [1.807, 2.05) is 0 Å². The van der Waals surface area contributed by atoms with Gasteiger partial charge in [0.2, 0.25) is 0 Å². The highest BCUT2D eigenvalue weighted by molar-refractivity contribution is 6.33. The molecule has 0 heterocycles. The summed E-state index contributed by atoms with van der Waals surface area (Å²) in [6, 6.07) is 11.5. The molecule has 0 spiro atoms. The highest BCUT2D eigenvalue weighted by Crippen LogP contribution is 2.36. The summed E-state index contributed by atoms with van der Waals surface area (Å²) < 4.78 is 13.2. The quantitative estimate of drug-likeness (QED) is 0.825. The smallest absolute Gasteiger partial charge is 0.124 e. The van der Waals surface area contributed by atoms with Gasteiger partial charge in [0, 0.05) is 11.6 Å². The van der Waals surface area contributed by atoms with E-state index in [1.54, 1.807) is 6.07 Å². The summed E-state index contributed by atoms with van der Waals surface area (Å²) in [6.07, 6.45) is 3.38. The van der Waals surface area contributed by atoms with Gasteiger partial charge in [0.1, 0.15) is 5.82 Å². The first-order valence-electron chi connectivity index (χ1n) is 7.50. The third-order valence-corrected chi connectivity index (χ3v) is 4.42. The predicted molar refractivity (Wildman–Crippen MR) is 86.2 cm³/mol. The molecule has 1 N–H and O–H groups in total. The summed E-state index contributed by atoms with van der Waals surface area (Å²) in [7, 11) is 0. The molecule has 0 aliphatic heterocycles. The molecule has 2 aromatic carbocycles. The van der Waals surface area contributed by atoms with Gasteiger partial charge in [-0.2, -0.15) is 0 Å². The Kier molecular flexibility index (Phi) is 4.27. The molecule has 0 bridgehead atoms. The lowest BCUT2D eigenvalue weighted by Gasteiger charge is -2.14. The molecule has 0 radical (unpaired) electrons. The first-order valence-corrected chi connectivity index (χ1v) is 7.88. The molecule has 1 aliphatic carbocycles. The van der Waals surface area contributed by atoms with Crippen molar-refractivity contribution >= 4 is 11.6 Å². The number of fused-ring (bicyclic) bond motifs is 1. The minimum atomic E-state index is -0.297. The predicted octanol–water partition coefficient (Wildman–Crippen LogP) is 5.13. The standard InChI is InChI=1S/C18H19ClFN/c1-2-9-21-18-8-4-13-10-12(3-6-16(13)18)15-7-5-14(20)11-17(15)19/h3,5-7,10-11,18,21H,2,4,8-9H2,1H3. The molecule has 1 nitrogen and oxygen atoms in total. The Morgan fingerprint density at radius 3 is 2.86 bits per heavy atom. The molecule has 0 aromatic heterocycles. The van der Waals surface area contributed by atoms with E-state index >= 15 is 0 Å². The number of rotatable bonds is 4. The minimum absolute atomic E-state index is 0.297. The molecule has 0 saturated carbocycles. The third-order valence-electron chi connectivity index (χ3n) is 4.10. The van der Waals surface area contributed by atoms with E-state index in [-0.39, 0.29) is 5.82 Å². The molecular weight excluding hydrogens is 285 g/mol. The van der Waals surface area contributed by atoms with Crippen LogP contribution >= 0.6 is 11.6 Å². The van der Waals surface area contributed by atoms with Crippen molar-refractivity contribution in [2.24, 2.45) is 0 Å². The highest BCUT2D eigenvalue weighted by Gasteiger charge is 2.22. The van der Waals surface area contributed by atoms with Gasteiger partial charge in [-0.3, -0.25) is 0 Å². The second-order valence-electron chi connectivity index (χ2n) is 5.58. The average Bonchev–Trinajstić information content (AvgIpc) is 2.87. The normalized spacial score (nSPS) is 17.0. The van der Waals surface area contributed by atoms with Gasteiger partial charge in [-0.05, 0) is 60.7 Å². The molecule has 0 saturated heterocycles. The monoisotopic (exact) mass is 303 g/mol. The SMILES string of the molecule is CCCNC1CCc2cc(-c3ccc(F)cc3Cl)ccc21. The number of hydrogen-bond donors (Lipinski definition) is 1. The second-order valence-corrected chi connectivity index (χ2v) is 5.99. The van der Waals surface area contributed by atoms with Crippen LogP contribution in [0.25, 0.3) is 11.1 Å². The zero-order valence-corrected chi connectivity index (χ0v) is 12.9. The first kappa shape index (κ1) is 14.6. The summed E-state index contributed by atoms with van der Waals surface area (Å²) in [5.41, 5.74) is 4.73. The fraction of sp³-hybridized carbons (Fsp3) is 0.333. The number of hydrogen-bond acceptors (Lipinski definition) is 1. The molecule has 0 amide bonds. The first-order chi connectivity index (χ1) is 10.2. The van der Waals surface area contributed by atoms with Crippen molar-refractivity contribution in [3.63, 3.8) is 0 Å². The van der Waals surface area contributed by atoms with E-state index < -0.39 is 0 Å². The van der Waals surface area contributed by atoms with Gasteiger partial charge in [0.05, 0.1) is 5.02 Å². The number of nitrogens with one attached hydrogen (secondary N) is 1. The van der Waals surface area contributed by atoms with Crippen molar-refractivity contribution in [3.05, 3.63) is 58.4 Å². The molecule has 1 atom stereocenters. The Hall–Kier alpha value is -1.38. The zero-order chi connectivity index (χ0) is 14.8. The number of benzene rings is 2. The Bertz CT molecular complexity index is 654. The van der Waals surface area contributed by atoms with Crippen molar-refractivity contribution in [1.82, 2.24) is 5.32 Å². The molecule has 2 aromatic rings. The van der Waals surface area contributed by atoms with E-state index in [0.29, 0.717) is 11.1 Å². The Labute approximate surface area is 130 Å². The van der Waals surface area contributed by atoms with Crippen LogP contribution in [0.5, 0.6) is 0 Å². The Morgan fingerprint density at radius 1 is 1.24 bits per heavy atom. The van der Waals surface area contributed by atoms with Crippen molar-refractivity contribution in [2.75, 3.05) is 6.54 Å². The molecular formula is C18H19ClFN. The van der Waals surface area contributed by atoms with Gasteiger partial charge in [-0.1, -0.05) is 36.7 Å². The lowest BCUT2D eigenvalue weighted by molar-refractivity contribution is 0.529. The fourth-order valence-corrected chi connectivity index (χ4v) is 3.32. The van der Waals surface area contributed by atoms with Crippen molar-refractivity contribution in [2.45, 2.75) is 32.2 Å². The van der Waals surface area contributed by atoms with Gasteiger partial charge in [0.15, 0.2) is 0 Å². The average molecular weight is 304 g/mol. The lowest BCUT2D eigenvalue weighted by atomic mass is 9.99. The Balaban J connectivity index is 1.90. The maximum atomic E-state index is 13.2. The summed E-state index contributed by atoms with van der Waals surface area (Å²) in [6.45, 7) is 3.23. The maximum absolute atomic E-state index is 13.2. The molecule has 1 unspecified atom stereocenters. The van der Waals surface area contributed by atoms with Crippen LogP contribution in [0.2, 0.25) is 5.02 Å². The van der Waals surface area contributed by atoms with Crippen LogP contribution < -0.4 is 5.32 Å². The van der Waals surface area contributed by atoms with E-state index in [9.17, 15) is 4.39 Å². The molecule has 1 aliphatic rings. The van der Waals surface area contributed by atoms with Crippen LogP contribution in [0.4, 0.5) is 4.39 Å². The lowest BCUT2D eigenvalue weighted by Crippen LogP contribution is -2.19. The molecule has 3 rings (SSSR count). The fourth-order valence-electron chi connectivity index (χ4n) is 3.04. The van der Waals surface area contributed by atoms with Crippen LogP contribution in [0, 0.1) is 5.82 Å². The zero-order valence-electron chi connectivity index (χ0n) is 12.1. The minimum Gasteiger partial charge on any atom is -0.310 e. The molecule has 3 heteroatoms. The van der Waals surface area contributed by atoms with Crippen molar-refractivity contribution < 1.29 is 4.39 Å². The van der Waals surface area contributed by atoms with Crippen LogP contribution in [-0.2, 0) is 6.42 Å². The van der Waals surface area contributed by atoms with Crippen LogP contribution in [-0.4, -0.2) is 6.54 Å². The second kappa shape index (κ2) is 6.17. The van der Waals surface area contributed by atoms with Gasteiger partial charge in [-0.25, -0.2) is 4.39 Å². The molecule has 110 valence electrons. The highest BCUT2D eigenvalue weighted by atomic mass is 35.5. The maximum Gasteiger partial charge on any atom is 0.124 e. The number of aryl methyl sites for hydroxylation is 1.